The van der Waals surface area contributed by atoms with Crippen LogP contribution in [0, 0.1) is 0 Å². The number of hydrogen-bond donors (Lipinski definition) is 0. The van der Waals surface area contributed by atoms with Crippen LogP contribution in [0.4, 0.5) is 34.1 Å². The van der Waals surface area contributed by atoms with Crippen LogP contribution < -0.4 is 26.2 Å². The molecule has 3 aliphatic heterocycles. The number of aromatic nitrogens is 1. The van der Waals surface area contributed by atoms with Crippen molar-refractivity contribution in [1.82, 2.24) is 4.57 Å². The quantitative estimate of drug-likeness (QED) is 0.154. The van der Waals surface area contributed by atoms with Gasteiger partial charge in [0.25, 0.3) is 6.71 Å². The second kappa shape index (κ2) is 13.3. The lowest BCUT2D eigenvalue weighted by Crippen LogP contribution is -2.62. The molecule has 67 heavy (non-hydrogen) atoms. The van der Waals surface area contributed by atoms with Crippen molar-refractivity contribution in [3.05, 3.63) is 143 Å². The molecule has 0 saturated heterocycles. The van der Waals surface area contributed by atoms with Crippen LogP contribution in [0.25, 0.3) is 49.4 Å². The molecule has 0 amide bonds. The maximum atomic E-state index is 6.64. The highest BCUT2D eigenvalue weighted by atomic mass is 16.3. The van der Waals surface area contributed by atoms with Gasteiger partial charge in [0.15, 0.2) is 0 Å². The van der Waals surface area contributed by atoms with Crippen molar-refractivity contribution in [2.24, 2.45) is 0 Å². The maximum Gasteiger partial charge on any atom is 0.252 e. The van der Waals surface area contributed by atoms with Gasteiger partial charge in [0.2, 0.25) is 0 Å². The summed E-state index contributed by atoms with van der Waals surface area (Å²) in [7, 11) is 0. The number of furan rings is 1. The average Bonchev–Trinajstić information content (AvgIpc) is 3.80. The van der Waals surface area contributed by atoms with Gasteiger partial charge < -0.3 is 18.8 Å². The van der Waals surface area contributed by atoms with E-state index < -0.39 is 0 Å². The molecule has 2 aromatic heterocycles. The Hall–Kier alpha value is -6.20. The summed E-state index contributed by atoms with van der Waals surface area (Å²) < 4.78 is 9.29. The highest BCUT2D eigenvalue weighted by Gasteiger charge is 2.48. The highest BCUT2D eigenvalue weighted by molar-refractivity contribution is 7.00. The lowest BCUT2D eigenvalue weighted by molar-refractivity contribution is 0.589. The van der Waals surface area contributed by atoms with Crippen molar-refractivity contribution < 1.29 is 4.42 Å². The van der Waals surface area contributed by atoms with E-state index in [0.29, 0.717) is 0 Å². The first-order valence-corrected chi connectivity index (χ1v) is 24.5. The van der Waals surface area contributed by atoms with Crippen LogP contribution in [0.2, 0.25) is 0 Å². The fourth-order valence-electron chi connectivity index (χ4n) is 11.5. The highest BCUT2D eigenvalue weighted by Crippen LogP contribution is 2.55. The zero-order valence-corrected chi connectivity index (χ0v) is 42.3. The minimum absolute atomic E-state index is 0.00607. The molecule has 0 fully saturated rings. The van der Waals surface area contributed by atoms with Gasteiger partial charge in [0.05, 0.1) is 39.2 Å². The smallest absolute Gasteiger partial charge is 0.252 e. The van der Waals surface area contributed by atoms with E-state index in [4.69, 9.17) is 4.42 Å². The molecule has 7 aromatic carbocycles. The Balaban J connectivity index is 1.30. The molecular weight excluding hydrogens is 814 g/mol. The molecule has 0 spiro atoms. The summed E-state index contributed by atoms with van der Waals surface area (Å²) >= 11 is 0. The molecule has 12 rings (SSSR count). The summed E-state index contributed by atoms with van der Waals surface area (Å²) in [6.07, 6.45) is 0. The maximum absolute atomic E-state index is 6.64. The van der Waals surface area contributed by atoms with E-state index in [1.807, 2.05) is 0 Å². The van der Waals surface area contributed by atoms with E-state index in [1.54, 1.807) is 0 Å². The van der Waals surface area contributed by atoms with Gasteiger partial charge in [-0.1, -0.05) is 152 Å². The zero-order valence-electron chi connectivity index (χ0n) is 42.3. The van der Waals surface area contributed by atoms with Crippen LogP contribution in [0.1, 0.15) is 132 Å². The van der Waals surface area contributed by atoms with Gasteiger partial charge in [-0.15, -0.1) is 0 Å². The van der Waals surface area contributed by atoms with Crippen LogP contribution in [0.5, 0.6) is 0 Å². The monoisotopic (exact) mass is 878 g/mol. The van der Waals surface area contributed by atoms with Crippen LogP contribution in [-0.2, 0) is 27.1 Å². The molecule has 0 saturated carbocycles. The van der Waals surface area contributed by atoms with E-state index in [2.05, 4.69) is 233 Å². The van der Waals surface area contributed by atoms with E-state index in [-0.39, 0.29) is 33.8 Å². The number of benzene rings is 7. The largest absolute Gasteiger partial charge is 0.456 e. The van der Waals surface area contributed by atoms with E-state index in [0.717, 1.165) is 27.6 Å². The van der Waals surface area contributed by atoms with Gasteiger partial charge in [-0.25, -0.2) is 0 Å². The second-order valence-electron chi connectivity index (χ2n) is 25.2. The summed E-state index contributed by atoms with van der Waals surface area (Å²) in [5.41, 5.74) is 23.4. The van der Waals surface area contributed by atoms with Gasteiger partial charge in [-0.3, -0.25) is 0 Å². The average molecular weight is 878 g/mol. The Morgan fingerprint density at radius 2 is 0.925 bits per heavy atom. The summed E-state index contributed by atoms with van der Waals surface area (Å²) in [4.78, 5) is 5.32. The van der Waals surface area contributed by atoms with Crippen LogP contribution in [0.15, 0.2) is 120 Å². The molecule has 0 radical (unpaired) electrons. The van der Waals surface area contributed by atoms with Gasteiger partial charge in [0, 0.05) is 33.2 Å². The number of hydrogen-bond acceptors (Lipinski definition) is 3. The van der Waals surface area contributed by atoms with Gasteiger partial charge >= 0.3 is 0 Å². The lowest BCUT2D eigenvalue weighted by atomic mass is 9.33. The normalized spacial score (nSPS) is 14.7. The van der Waals surface area contributed by atoms with Gasteiger partial charge in [0.1, 0.15) is 11.2 Å². The molecule has 9 aromatic rings. The topological polar surface area (TPSA) is 24.6 Å². The van der Waals surface area contributed by atoms with Crippen LogP contribution in [0.3, 0.4) is 0 Å². The molecular formula is C62H64BN3O. The first-order chi connectivity index (χ1) is 31.4. The number of rotatable bonds is 1. The van der Waals surface area contributed by atoms with Gasteiger partial charge in [-0.2, -0.15) is 0 Å². The second-order valence-corrected chi connectivity index (χ2v) is 25.2. The number of anilines is 6. The third kappa shape index (κ3) is 5.98. The first kappa shape index (κ1) is 42.2. The standard InChI is InChI=1S/C62H64BN3O/c1-58(2,3)35-23-25-45-41(27-35)42-28-37(60(7,8)9)33-50-56(42)65(45)51-34-38(61(10,11)12)30-44-57(51)66(50)49-32-39(62(13,14)15)31-48-55(49)63(44)43-29-36(59(4,5)6)24-26-46(43)64(48)47-20-18-22-53-54(47)40-19-16-17-21-52(40)67-53/h16-34H,1-15H3. The van der Waals surface area contributed by atoms with Crippen molar-refractivity contribution in [3.8, 4) is 5.69 Å². The summed E-state index contributed by atoms with van der Waals surface area (Å²) in [5.74, 6) is 0. The van der Waals surface area contributed by atoms with E-state index >= 15 is 0 Å². The Morgan fingerprint density at radius 1 is 0.388 bits per heavy atom. The predicted octanol–water partition coefficient (Wildman–Crippen LogP) is 15.6. The molecule has 5 heterocycles. The van der Waals surface area contributed by atoms with Crippen LogP contribution >= 0.6 is 0 Å². The predicted molar refractivity (Wildman–Crippen MR) is 289 cm³/mol. The van der Waals surface area contributed by atoms with Gasteiger partial charge in [-0.05, 0) is 138 Å². The zero-order chi connectivity index (χ0) is 47.2. The Bertz CT molecular complexity index is 3620. The number of nitrogens with zero attached hydrogens (tertiary/aromatic N) is 3. The van der Waals surface area contributed by atoms with E-state index in [1.165, 1.54) is 100 Å². The molecule has 0 N–H and O–H groups in total. The third-order valence-electron chi connectivity index (χ3n) is 15.4. The van der Waals surface area contributed by atoms with Crippen molar-refractivity contribution in [2.75, 3.05) is 9.80 Å². The fraction of sp³-hybridized carbons (Fsp3) is 0.323. The summed E-state index contributed by atoms with van der Waals surface area (Å²) in [6.45, 7) is 35.4. The molecule has 0 atom stereocenters. The van der Waals surface area contributed by atoms with Crippen molar-refractivity contribution in [3.63, 3.8) is 0 Å². The molecule has 5 heteroatoms. The molecule has 0 bridgehead atoms. The third-order valence-corrected chi connectivity index (χ3v) is 15.4. The minimum atomic E-state index is -0.146. The number of para-hydroxylation sites is 1. The Morgan fingerprint density at radius 3 is 1.61 bits per heavy atom. The van der Waals surface area contributed by atoms with Crippen LogP contribution in [-0.4, -0.2) is 11.3 Å². The van der Waals surface area contributed by atoms with Crippen molar-refractivity contribution >= 4 is 101 Å². The summed E-state index contributed by atoms with van der Waals surface area (Å²) in [5, 5.41) is 4.91. The summed E-state index contributed by atoms with van der Waals surface area (Å²) in [6, 6.07) is 45.1. The molecule has 4 nitrogen and oxygen atoms in total. The van der Waals surface area contributed by atoms with E-state index in [9.17, 15) is 0 Å². The first-order valence-electron chi connectivity index (χ1n) is 24.5. The molecule has 336 valence electrons. The minimum Gasteiger partial charge on any atom is -0.456 e. The molecule has 0 unspecified atom stereocenters. The molecule has 3 aliphatic rings. The SMILES string of the molecule is CC(C)(C)c1ccc2c(c1)B1c3cc(C(C)(C)C)cc4c3N(c3cc(C(C)(C)C)cc(c31)N2c1cccc2oc3ccccc3c12)c1cc(C(C)(C)C)cc2c3cc(C(C)(C)C)ccc3n-4c12. The molecule has 0 aliphatic carbocycles. The fourth-order valence-corrected chi connectivity index (χ4v) is 11.5. The Kier molecular flexibility index (Phi) is 8.36. The number of fused-ring (bicyclic) bond motifs is 12. The van der Waals surface area contributed by atoms with Crippen molar-refractivity contribution in [1.29, 1.82) is 0 Å². The lowest BCUT2D eigenvalue weighted by Gasteiger charge is -2.47. The Labute approximate surface area is 397 Å². The van der Waals surface area contributed by atoms with Crippen molar-refractivity contribution in [2.45, 2.75) is 131 Å².